The van der Waals surface area contributed by atoms with Crippen LogP contribution >= 0.6 is 15.6 Å². The van der Waals surface area contributed by atoms with Crippen LogP contribution in [0, 0.1) is 11.8 Å². The quantitative estimate of drug-likeness (QED) is 0.0222. The number of unbranched alkanes of at least 4 members (excludes halogenated alkanes) is 50. The molecule has 0 rings (SSSR count). The highest BCUT2D eigenvalue weighted by Crippen LogP contribution is 2.45. The molecule has 594 valence electrons. The number of phosphoric ester groups is 2. The van der Waals surface area contributed by atoms with E-state index in [1.807, 2.05) is 0 Å². The Morgan fingerprint density at radius 2 is 0.460 bits per heavy atom. The van der Waals surface area contributed by atoms with Crippen LogP contribution in [0.4, 0.5) is 0 Å². The maximum absolute atomic E-state index is 13.1. The smallest absolute Gasteiger partial charge is 0.462 e. The summed E-state index contributed by atoms with van der Waals surface area (Å²) in [7, 11) is -9.92. The minimum Gasteiger partial charge on any atom is -0.462 e. The Bertz CT molecular complexity index is 1920. The first kappa shape index (κ1) is 98.1. The van der Waals surface area contributed by atoms with Crippen LogP contribution in [0.3, 0.4) is 0 Å². The third kappa shape index (κ3) is 74.3. The van der Waals surface area contributed by atoms with Gasteiger partial charge in [-0.3, -0.25) is 37.3 Å². The van der Waals surface area contributed by atoms with Crippen LogP contribution in [0.2, 0.25) is 0 Å². The number of rotatable bonds is 80. The van der Waals surface area contributed by atoms with Crippen molar-refractivity contribution in [2.75, 3.05) is 39.6 Å². The van der Waals surface area contributed by atoms with E-state index in [2.05, 4.69) is 41.5 Å². The van der Waals surface area contributed by atoms with Crippen molar-refractivity contribution in [3.63, 3.8) is 0 Å². The number of carbonyl (C=O) groups excluding carboxylic acids is 4. The molecular weight excluding hydrogens is 1310 g/mol. The first-order valence-corrected chi connectivity index (χ1v) is 45.0. The third-order valence-electron chi connectivity index (χ3n) is 19.0. The lowest BCUT2D eigenvalue weighted by molar-refractivity contribution is -0.161. The molecule has 5 atom stereocenters. The zero-order chi connectivity index (χ0) is 73.5. The third-order valence-corrected chi connectivity index (χ3v) is 20.9. The Morgan fingerprint density at radius 1 is 0.270 bits per heavy atom. The number of hydrogen-bond donors (Lipinski definition) is 3. The van der Waals surface area contributed by atoms with Crippen LogP contribution in [-0.4, -0.2) is 96.7 Å². The zero-order valence-corrected chi connectivity index (χ0v) is 67.3. The van der Waals surface area contributed by atoms with Crippen LogP contribution < -0.4 is 0 Å². The van der Waals surface area contributed by atoms with Gasteiger partial charge in [-0.25, -0.2) is 9.13 Å². The fourth-order valence-electron chi connectivity index (χ4n) is 12.5. The number of aliphatic hydroxyl groups excluding tert-OH is 1. The standard InChI is InChI=1S/C81H158O17P2/c1-7-9-11-13-15-17-19-21-23-27-35-41-47-53-59-65-80(85)97-76(69-91-78(83)63-57-51-45-39-33-20-18-16-14-12-10-8-2)71-95-99(87,88)93-67-75(82)68-94-100(89,90)96-72-77(70-92-79(84)64-58-52-46-40-34-30-29-32-38-44-50-56-62-74(5)6)98-81(86)66-60-54-48-42-36-28-25-22-24-26-31-37-43-49-55-61-73(3)4/h73-77,82H,7-72H2,1-6H3,(H,87,88)(H,89,90)/t75-,76+,77+/m0/s1. The Hall–Kier alpha value is -1.94. The van der Waals surface area contributed by atoms with E-state index < -0.39 is 97.5 Å². The molecule has 0 amide bonds. The van der Waals surface area contributed by atoms with E-state index in [1.54, 1.807) is 0 Å². The van der Waals surface area contributed by atoms with Gasteiger partial charge in [-0.15, -0.1) is 0 Å². The molecule has 19 heteroatoms. The van der Waals surface area contributed by atoms with Gasteiger partial charge in [-0.1, -0.05) is 375 Å². The van der Waals surface area contributed by atoms with Crippen molar-refractivity contribution in [3.05, 3.63) is 0 Å². The van der Waals surface area contributed by atoms with Gasteiger partial charge in [0, 0.05) is 25.7 Å². The second kappa shape index (κ2) is 72.6. The van der Waals surface area contributed by atoms with E-state index in [-0.39, 0.29) is 25.7 Å². The van der Waals surface area contributed by atoms with Gasteiger partial charge >= 0.3 is 39.5 Å². The van der Waals surface area contributed by atoms with Gasteiger partial charge in [0.25, 0.3) is 0 Å². The highest BCUT2D eigenvalue weighted by molar-refractivity contribution is 7.47. The van der Waals surface area contributed by atoms with Gasteiger partial charge < -0.3 is 33.8 Å². The highest BCUT2D eigenvalue weighted by Gasteiger charge is 2.30. The van der Waals surface area contributed by atoms with Crippen molar-refractivity contribution in [2.24, 2.45) is 11.8 Å². The minimum atomic E-state index is -4.96. The maximum atomic E-state index is 13.1. The molecule has 100 heavy (non-hydrogen) atoms. The Labute approximate surface area is 613 Å². The SMILES string of the molecule is CCCCCCCCCCCCCCCCCC(=O)O[C@H](COC(=O)CCCCCCCCCCCCCC)COP(=O)(O)OC[C@H](O)COP(=O)(O)OC[C@@H](COC(=O)CCCCCCCCCCCCCCC(C)C)OC(=O)CCCCCCCCCCCCCCCCCC(C)C. The molecule has 0 fully saturated rings. The first-order valence-electron chi connectivity index (χ1n) is 42.0. The predicted molar refractivity (Wildman–Crippen MR) is 409 cm³/mol. The normalized spacial score (nSPS) is 13.9. The summed E-state index contributed by atoms with van der Waals surface area (Å²) in [6.45, 7) is 9.68. The van der Waals surface area contributed by atoms with Crippen LogP contribution in [0.25, 0.3) is 0 Å². The number of hydrogen-bond acceptors (Lipinski definition) is 15. The average Bonchev–Trinajstić information content (AvgIpc) is 1.32. The van der Waals surface area contributed by atoms with Crippen molar-refractivity contribution < 1.29 is 80.2 Å². The lowest BCUT2D eigenvalue weighted by Gasteiger charge is -2.21. The molecule has 0 spiro atoms. The highest BCUT2D eigenvalue weighted by atomic mass is 31.2. The van der Waals surface area contributed by atoms with Gasteiger partial charge in [-0.05, 0) is 37.5 Å². The summed E-state index contributed by atoms with van der Waals surface area (Å²) in [6.07, 6.45) is 62.2. The minimum absolute atomic E-state index is 0.108. The molecule has 0 bridgehead atoms. The summed E-state index contributed by atoms with van der Waals surface area (Å²) in [6, 6.07) is 0. The number of phosphoric acid groups is 2. The van der Waals surface area contributed by atoms with Crippen LogP contribution in [-0.2, 0) is 65.4 Å². The van der Waals surface area contributed by atoms with Gasteiger partial charge in [-0.2, -0.15) is 0 Å². The molecule has 17 nitrogen and oxygen atoms in total. The average molecular weight is 1470 g/mol. The molecule has 0 aromatic carbocycles. The van der Waals surface area contributed by atoms with E-state index in [0.29, 0.717) is 25.7 Å². The lowest BCUT2D eigenvalue weighted by atomic mass is 10.0. The summed E-state index contributed by atoms with van der Waals surface area (Å²) < 4.78 is 68.8. The van der Waals surface area contributed by atoms with Gasteiger partial charge in [0.2, 0.25) is 0 Å². The molecule has 0 radical (unpaired) electrons. The molecule has 0 aliphatic heterocycles. The van der Waals surface area contributed by atoms with Crippen LogP contribution in [0.1, 0.15) is 427 Å². The van der Waals surface area contributed by atoms with Crippen LogP contribution in [0.15, 0.2) is 0 Å². The maximum Gasteiger partial charge on any atom is 0.472 e. The number of ether oxygens (including phenoxy) is 4. The Balaban J connectivity index is 5.26. The number of esters is 4. The van der Waals surface area contributed by atoms with Crippen molar-refractivity contribution >= 4 is 39.5 Å². The lowest BCUT2D eigenvalue weighted by Crippen LogP contribution is -2.30. The molecule has 0 aromatic rings. The Kier molecular flexibility index (Phi) is 71.2. The fraction of sp³-hybridized carbons (Fsp3) is 0.951. The monoisotopic (exact) mass is 1470 g/mol. The first-order chi connectivity index (χ1) is 48.4. The molecule has 0 aliphatic rings. The summed E-state index contributed by atoms with van der Waals surface area (Å²) in [5.74, 6) is -0.521. The van der Waals surface area contributed by atoms with Gasteiger partial charge in [0.15, 0.2) is 12.2 Å². The summed E-state index contributed by atoms with van der Waals surface area (Å²) in [5, 5.41) is 10.6. The zero-order valence-electron chi connectivity index (χ0n) is 65.5. The predicted octanol–water partition coefficient (Wildman–Crippen LogP) is 24.3. The van der Waals surface area contributed by atoms with Gasteiger partial charge in [0.05, 0.1) is 26.4 Å². The Morgan fingerprint density at radius 3 is 0.680 bits per heavy atom. The number of carbonyl (C=O) groups is 4. The van der Waals surface area contributed by atoms with E-state index in [1.165, 1.54) is 244 Å². The van der Waals surface area contributed by atoms with Crippen molar-refractivity contribution in [1.82, 2.24) is 0 Å². The summed E-state index contributed by atoms with van der Waals surface area (Å²) >= 11 is 0. The van der Waals surface area contributed by atoms with E-state index >= 15 is 0 Å². The summed E-state index contributed by atoms with van der Waals surface area (Å²) in [5.41, 5.74) is 0. The van der Waals surface area contributed by atoms with Crippen molar-refractivity contribution in [2.45, 2.75) is 445 Å². The van der Waals surface area contributed by atoms with E-state index in [4.69, 9.17) is 37.0 Å². The van der Waals surface area contributed by atoms with Crippen molar-refractivity contribution in [1.29, 1.82) is 0 Å². The second-order valence-electron chi connectivity index (χ2n) is 30.1. The molecule has 0 aliphatic carbocycles. The molecule has 3 N–H and O–H groups in total. The number of aliphatic hydroxyl groups is 1. The van der Waals surface area contributed by atoms with Crippen LogP contribution in [0.5, 0.6) is 0 Å². The topological polar surface area (TPSA) is 237 Å². The molecule has 0 saturated heterocycles. The molecular formula is C81H158O17P2. The molecule has 0 saturated carbocycles. The molecule has 0 heterocycles. The summed E-state index contributed by atoms with van der Waals surface area (Å²) in [4.78, 5) is 73.1. The van der Waals surface area contributed by atoms with Crippen molar-refractivity contribution in [3.8, 4) is 0 Å². The van der Waals surface area contributed by atoms with Gasteiger partial charge in [0.1, 0.15) is 19.3 Å². The van der Waals surface area contributed by atoms with E-state index in [9.17, 15) is 43.2 Å². The molecule has 0 aromatic heterocycles. The second-order valence-corrected chi connectivity index (χ2v) is 33.0. The largest absolute Gasteiger partial charge is 0.472 e. The molecule has 2 unspecified atom stereocenters. The fourth-order valence-corrected chi connectivity index (χ4v) is 14.1. The van der Waals surface area contributed by atoms with E-state index in [0.717, 1.165) is 102 Å².